The molecule has 0 aliphatic carbocycles. The van der Waals surface area contributed by atoms with E-state index in [9.17, 15) is 8.76 Å². The van der Waals surface area contributed by atoms with Crippen molar-refractivity contribution in [3.63, 3.8) is 0 Å². The van der Waals surface area contributed by atoms with Gasteiger partial charge >= 0.3 is 0 Å². The minimum absolute atomic E-state index is 0.128. The molecule has 2 atom stereocenters. The lowest BCUT2D eigenvalue weighted by atomic mass is 9.96. The maximum absolute atomic E-state index is 11.2. The van der Waals surface area contributed by atoms with Crippen LogP contribution in [0, 0.1) is 0 Å². The molecule has 1 N–H and O–H groups in total. The molecule has 0 saturated carbocycles. The Kier molecular flexibility index (Phi) is 5.46. The molecule has 0 amide bonds. The van der Waals surface area contributed by atoms with E-state index in [4.69, 9.17) is 11.6 Å². The highest BCUT2D eigenvalue weighted by Gasteiger charge is 2.27. The Hall–Kier alpha value is -1.24. The van der Waals surface area contributed by atoms with Gasteiger partial charge in [0.25, 0.3) is 0 Å². The normalized spacial score (nSPS) is 19.4. The quantitative estimate of drug-likeness (QED) is 0.861. The van der Waals surface area contributed by atoms with Gasteiger partial charge in [0.1, 0.15) is 0 Å². The van der Waals surface area contributed by atoms with Crippen LogP contribution in [0.3, 0.4) is 0 Å². The average Bonchev–Trinajstić information content (AvgIpc) is 2.58. The largest absolute Gasteiger partial charge is 0.294 e. The first-order chi connectivity index (χ1) is 11.1. The number of halogens is 1. The van der Waals surface area contributed by atoms with E-state index in [0.29, 0.717) is 13.1 Å². The number of rotatable bonds is 4. The molecule has 6 heteroatoms. The molecule has 1 saturated heterocycles. The third-order valence-corrected chi connectivity index (χ3v) is 5.22. The Morgan fingerprint density at radius 2 is 1.48 bits per heavy atom. The van der Waals surface area contributed by atoms with Crippen molar-refractivity contribution in [2.75, 3.05) is 26.2 Å². The van der Waals surface area contributed by atoms with E-state index in [0.717, 1.165) is 18.1 Å². The van der Waals surface area contributed by atoms with Gasteiger partial charge in [-0.2, -0.15) is 4.31 Å². The zero-order valence-corrected chi connectivity index (χ0v) is 14.2. The summed E-state index contributed by atoms with van der Waals surface area (Å²) in [5, 5.41) is 0.723. The molecular formula is C17H19ClN2O2S. The highest BCUT2D eigenvalue weighted by Crippen LogP contribution is 2.30. The number of nitrogens with zero attached hydrogens (tertiary/aromatic N) is 2. The lowest BCUT2D eigenvalue weighted by Gasteiger charge is -2.38. The number of piperazine rings is 1. The van der Waals surface area contributed by atoms with E-state index < -0.39 is 11.3 Å². The van der Waals surface area contributed by atoms with Crippen LogP contribution in [0.2, 0.25) is 5.02 Å². The Morgan fingerprint density at radius 3 is 2.04 bits per heavy atom. The molecule has 122 valence electrons. The van der Waals surface area contributed by atoms with Crippen molar-refractivity contribution in [2.45, 2.75) is 6.04 Å². The molecule has 3 rings (SSSR count). The molecular weight excluding hydrogens is 332 g/mol. The number of hydrogen-bond acceptors (Lipinski definition) is 2. The first-order valence-corrected chi connectivity index (χ1v) is 8.99. The topological polar surface area (TPSA) is 43.8 Å². The van der Waals surface area contributed by atoms with Crippen molar-refractivity contribution >= 4 is 22.9 Å². The molecule has 23 heavy (non-hydrogen) atoms. The summed E-state index contributed by atoms with van der Waals surface area (Å²) in [5.41, 5.74) is 2.40. The first-order valence-electron chi connectivity index (χ1n) is 7.55. The fraction of sp³-hybridized carbons (Fsp3) is 0.294. The van der Waals surface area contributed by atoms with Crippen LogP contribution in [0.1, 0.15) is 17.2 Å². The second-order valence-corrected chi connectivity index (χ2v) is 6.97. The molecule has 0 spiro atoms. The maximum atomic E-state index is 11.2. The van der Waals surface area contributed by atoms with Crippen molar-refractivity contribution in [1.29, 1.82) is 0 Å². The molecule has 1 fully saturated rings. The predicted octanol–water partition coefficient (Wildman–Crippen LogP) is 3.18. The Labute approximate surface area is 144 Å². The summed E-state index contributed by atoms with van der Waals surface area (Å²) in [7, 11) is 0. The van der Waals surface area contributed by atoms with E-state index in [1.165, 1.54) is 11.1 Å². The van der Waals surface area contributed by atoms with Crippen LogP contribution in [0.5, 0.6) is 0 Å². The van der Waals surface area contributed by atoms with Gasteiger partial charge < -0.3 is 0 Å². The third-order valence-electron chi connectivity index (χ3n) is 4.16. The Morgan fingerprint density at radius 1 is 0.913 bits per heavy atom. The second-order valence-electron chi connectivity index (χ2n) is 5.56. The molecule has 0 aromatic heterocycles. The summed E-state index contributed by atoms with van der Waals surface area (Å²) >= 11 is 4.14. The number of benzene rings is 2. The van der Waals surface area contributed by atoms with E-state index in [-0.39, 0.29) is 6.04 Å². The molecule has 4 nitrogen and oxygen atoms in total. The van der Waals surface area contributed by atoms with E-state index in [1.54, 1.807) is 4.31 Å². The van der Waals surface area contributed by atoms with E-state index in [2.05, 4.69) is 29.2 Å². The van der Waals surface area contributed by atoms with Gasteiger partial charge in [-0.05, 0) is 23.3 Å². The van der Waals surface area contributed by atoms with Gasteiger partial charge in [0, 0.05) is 31.2 Å². The third kappa shape index (κ3) is 4.00. The van der Waals surface area contributed by atoms with E-state index >= 15 is 0 Å². The molecule has 1 aliphatic rings. The zero-order valence-electron chi connectivity index (χ0n) is 12.6. The maximum Gasteiger partial charge on any atom is 0.234 e. The van der Waals surface area contributed by atoms with Crippen molar-refractivity contribution in [3.05, 3.63) is 70.7 Å². The standard InChI is InChI=1S/C17H19ClN2O2S/c18-16-8-6-15(7-9-16)17(14-4-2-1-3-5-14)19-10-12-20(13-11-19)23(21)22/h1-9,17H,10-13H2,(H,21,22). The monoisotopic (exact) mass is 350 g/mol. The van der Waals surface area contributed by atoms with Crippen LogP contribution in [0.25, 0.3) is 0 Å². The SMILES string of the molecule is O=S(O)N1CCN(C(c2ccccc2)c2ccc(Cl)cc2)CC1. The van der Waals surface area contributed by atoms with Gasteiger partial charge in [0.15, 0.2) is 0 Å². The molecule has 0 bridgehead atoms. The van der Waals surface area contributed by atoms with E-state index in [1.807, 2.05) is 30.3 Å². The fourth-order valence-corrected chi connectivity index (χ4v) is 3.61. The van der Waals surface area contributed by atoms with Gasteiger partial charge in [-0.25, -0.2) is 4.21 Å². The molecule has 2 aromatic rings. The smallest absolute Gasteiger partial charge is 0.234 e. The summed E-state index contributed by atoms with van der Waals surface area (Å²) in [6, 6.07) is 18.4. The molecule has 1 aliphatic heterocycles. The van der Waals surface area contributed by atoms with Gasteiger partial charge in [0.2, 0.25) is 11.3 Å². The van der Waals surface area contributed by atoms with Gasteiger partial charge in [-0.3, -0.25) is 9.45 Å². The van der Waals surface area contributed by atoms with Crippen LogP contribution < -0.4 is 0 Å². The summed E-state index contributed by atoms with van der Waals surface area (Å²) in [4.78, 5) is 2.35. The van der Waals surface area contributed by atoms with Crippen LogP contribution in [0.4, 0.5) is 0 Å². The molecule has 2 aromatic carbocycles. The minimum Gasteiger partial charge on any atom is -0.294 e. The van der Waals surface area contributed by atoms with Crippen LogP contribution in [-0.4, -0.2) is 44.1 Å². The van der Waals surface area contributed by atoms with Crippen molar-refractivity contribution in [3.8, 4) is 0 Å². The van der Waals surface area contributed by atoms with Crippen molar-refractivity contribution < 1.29 is 8.76 Å². The van der Waals surface area contributed by atoms with Crippen LogP contribution >= 0.6 is 11.6 Å². The molecule has 1 heterocycles. The molecule has 0 radical (unpaired) electrons. The van der Waals surface area contributed by atoms with Gasteiger partial charge in [-0.15, -0.1) is 0 Å². The van der Waals surface area contributed by atoms with Crippen LogP contribution in [0.15, 0.2) is 54.6 Å². The summed E-state index contributed by atoms with van der Waals surface area (Å²) in [6.07, 6.45) is 0. The summed E-state index contributed by atoms with van der Waals surface area (Å²) in [5.74, 6) is 0. The fourth-order valence-electron chi connectivity index (χ4n) is 3.01. The Balaban J connectivity index is 1.87. The zero-order chi connectivity index (χ0) is 16.2. The number of hydrogen-bond donors (Lipinski definition) is 1. The average molecular weight is 351 g/mol. The lowest BCUT2D eigenvalue weighted by molar-refractivity contribution is 0.155. The summed E-state index contributed by atoms with van der Waals surface area (Å²) < 4.78 is 22.0. The highest BCUT2D eigenvalue weighted by molar-refractivity contribution is 7.76. The van der Waals surface area contributed by atoms with Gasteiger partial charge in [-0.1, -0.05) is 54.1 Å². The minimum atomic E-state index is -1.88. The van der Waals surface area contributed by atoms with Gasteiger partial charge in [0.05, 0.1) is 6.04 Å². The highest BCUT2D eigenvalue weighted by atomic mass is 35.5. The van der Waals surface area contributed by atoms with Crippen molar-refractivity contribution in [1.82, 2.24) is 9.21 Å². The first kappa shape index (κ1) is 16.6. The molecule has 2 unspecified atom stereocenters. The second kappa shape index (κ2) is 7.55. The van der Waals surface area contributed by atoms with Crippen molar-refractivity contribution in [2.24, 2.45) is 0 Å². The summed E-state index contributed by atoms with van der Waals surface area (Å²) in [6.45, 7) is 2.66. The lowest BCUT2D eigenvalue weighted by Crippen LogP contribution is -2.48. The Bertz CT molecular complexity index is 658. The van der Waals surface area contributed by atoms with Crippen LogP contribution in [-0.2, 0) is 11.3 Å². The predicted molar refractivity (Wildman–Crippen MR) is 93.7 cm³/mol.